The van der Waals surface area contributed by atoms with Crippen molar-refractivity contribution < 1.29 is 14.3 Å². The van der Waals surface area contributed by atoms with Crippen LogP contribution < -0.4 is 10.2 Å². The molecule has 2 rings (SSSR count). The first-order valence-electron chi connectivity index (χ1n) is 8.10. The number of rotatable bonds is 4. The van der Waals surface area contributed by atoms with Crippen LogP contribution >= 0.6 is 0 Å². The van der Waals surface area contributed by atoms with Crippen molar-refractivity contribution in [2.45, 2.75) is 46.7 Å². The monoisotopic (exact) mass is 318 g/mol. The number of benzene rings is 1. The maximum absolute atomic E-state index is 13.0. The fourth-order valence-electron chi connectivity index (χ4n) is 2.73. The van der Waals surface area contributed by atoms with Crippen LogP contribution in [0.3, 0.4) is 0 Å². The Hall–Kier alpha value is -1.88. The summed E-state index contributed by atoms with van der Waals surface area (Å²) in [5.41, 5.74) is 1.95. The summed E-state index contributed by atoms with van der Waals surface area (Å²) < 4.78 is 5.00. The van der Waals surface area contributed by atoms with Gasteiger partial charge in [0.15, 0.2) is 0 Å². The highest BCUT2D eigenvalue weighted by molar-refractivity contribution is 6.00. The molecule has 0 spiro atoms. The molecule has 0 bridgehead atoms. The minimum atomic E-state index is -0.552. The van der Waals surface area contributed by atoms with Gasteiger partial charge in [-0.15, -0.1) is 0 Å². The maximum Gasteiger partial charge on any atom is 0.307 e. The number of nitrogens with zero attached hydrogens (tertiary/aromatic N) is 1. The van der Waals surface area contributed by atoms with Gasteiger partial charge in [-0.2, -0.15) is 0 Å². The molecule has 1 N–H and O–H groups in total. The zero-order valence-electron chi connectivity index (χ0n) is 14.4. The van der Waals surface area contributed by atoms with E-state index in [1.54, 1.807) is 11.8 Å². The van der Waals surface area contributed by atoms with Gasteiger partial charge < -0.3 is 15.0 Å². The second-order valence-corrected chi connectivity index (χ2v) is 7.06. The van der Waals surface area contributed by atoms with Crippen molar-refractivity contribution >= 4 is 17.6 Å². The van der Waals surface area contributed by atoms with Crippen LogP contribution in [0.15, 0.2) is 24.3 Å². The SMILES string of the molecule is CCOC(=O)CC1NCc2ccccc2N(CC(C)(C)C)C1=O. The first-order valence-corrected chi connectivity index (χ1v) is 8.10. The van der Waals surface area contributed by atoms with Crippen LogP contribution in [0.1, 0.15) is 39.7 Å². The van der Waals surface area contributed by atoms with Crippen molar-refractivity contribution in [3.05, 3.63) is 29.8 Å². The molecule has 0 saturated heterocycles. The van der Waals surface area contributed by atoms with Crippen molar-refractivity contribution in [1.29, 1.82) is 0 Å². The molecule has 0 aromatic heterocycles. The van der Waals surface area contributed by atoms with Gasteiger partial charge in [-0.1, -0.05) is 39.0 Å². The van der Waals surface area contributed by atoms with E-state index in [2.05, 4.69) is 26.1 Å². The Bertz CT molecular complexity index is 578. The predicted molar refractivity (Wildman–Crippen MR) is 90.1 cm³/mol. The minimum Gasteiger partial charge on any atom is -0.466 e. The molecule has 5 heteroatoms. The number of hydrogen-bond acceptors (Lipinski definition) is 4. The van der Waals surface area contributed by atoms with E-state index in [1.807, 2.05) is 24.3 Å². The third-order valence-corrected chi connectivity index (χ3v) is 3.69. The van der Waals surface area contributed by atoms with Crippen LogP contribution in [-0.4, -0.2) is 31.1 Å². The molecule has 1 aromatic rings. The number of fused-ring (bicyclic) bond motifs is 1. The van der Waals surface area contributed by atoms with E-state index >= 15 is 0 Å². The van der Waals surface area contributed by atoms with Crippen LogP contribution in [0, 0.1) is 5.41 Å². The summed E-state index contributed by atoms with van der Waals surface area (Å²) in [7, 11) is 0. The number of esters is 1. The van der Waals surface area contributed by atoms with Gasteiger partial charge in [-0.3, -0.25) is 9.59 Å². The molecule has 0 fully saturated rings. The molecule has 0 saturated carbocycles. The topological polar surface area (TPSA) is 58.6 Å². The fraction of sp³-hybridized carbons (Fsp3) is 0.556. The Balaban J connectivity index is 2.29. The van der Waals surface area contributed by atoms with Crippen molar-refractivity contribution in [2.24, 2.45) is 5.41 Å². The summed E-state index contributed by atoms with van der Waals surface area (Å²) in [6.07, 6.45) is 0.0568. The lowest BCUT2D eigenvalue weighted by Gasteiger charge is -2.31. The lowest BCUT2D eigenvalue weighted by atomic mass is 9.95. The Morgan fingerprint density at radius 1 is 1.35 bits per heavy atom. The normalized spacial score (nSPS) is 18.3. The zero-order chi connectivity index (χ0) is 17.0. The molecule has 126 valence electrons. The maximum atomic E-state index is 13.0. The van der Waals surface area contributed by atoms with Crippen LogP contribution in [0.2, 0.25) is 0 Å². The molecular formula is C18H26N2O3. The average molecular weight is 318 g/mol. The van der Waals surface area contributed by atoms with Gasteiger partial charge in [0, 0.05) is 18.8 Å². The Kier molecular flexibility index (Phi) is 5.42. The average Bonchev–Trinajstić information content (AvgIpc) is 2.59. The van der Waals surface area contributed by atoms with E-state index in [1.165, 1.54) is 0 Å². The summed E-state index contributed by atoms with van der Waals surface area (Å²) >= 11 is 0. The number of nitrogens with one attached hydrogen (secondary N) is 1. The van der Waals surface area contributed by atoms with Crippen LogP contribution in [0.25, 0.3) is 0 Å². The summed E-state index contributed by atoms with van der Waals surface area (Å²) in [4.78, 5) is 26.6. The third-order valence-electron chi connectivity index (χ3n) is 3.69. The molecule has 1 aliphatic heterocycles. The van der Waals surface area contributed by atoms with E-state index in [4.69, 9.17) is 4.74 Å². The van der Waals surface area contributed by atoms with E-state index < -0.39 is 6.04 Å². The number of hydrogen-bond donors (Lipinski definition) is 1. The number of carbonyl (C=O) groups excluding carboxylic acids is 2. The lowest BCUT2D eigenvalue weighted by molar-refractivity contribution is -0.145. The number of para-hydroxylation sites is 1. The highest BCUT2D eigenvalue weighted by atomic mass is 16.5. The van der Waals surface area contributed by atoms with Crippen molar-refractivity contribution in [3.8, 4) is 0 Å². The quantitative estimate of drug-likeness (QED) is 0.867. The van der Waals surface area contributed by atoms with Crippen molar-refractivity contribution in [2.75, 3.05) is 18.1 Å². The van der Waals surface area contributed by atoms with Gasteiger partial charge in [-0.25, -0.2) is 0 Å². The van der Waals surface area contributed by atoms with E-state index in [0.29, 0.717) is 19.7 Å². The van der Waals surface area contributed by atoms with Gasteiger partial charge in [0.2, 0.25) is 5.91 Å². The van der Waals surface area contributed by atoms with Gasteiger partial charge in [0.1, 0.15) is 0 Å². The van der Waals surface area contributed by atoms with Gasteiger partial charge in [0.25, 0.3) is 0 Å². The Morgan fingerprint density at radius 3 is 2.70 bits per heavy atom. The van der Waals surface area contributed by atoms with Crippen molar-refractivity contribution in [3.63, 3.8) is 0 Å². The molecule has 1 aromatic carbocycles. The minimum absolute atomic E-state index is 0.0401. The molecule has 1 heterocycles. The Morgan fingerprint density at radius 2 is 2.04 bits per heavy atom. The number of amides is 1. The molecular weight excluding hydrogens is 292 g/mol. The first kappa shape index (κ1) is 17.5. The molecule has 1 aliphatic rings. The molecule has 0 radical (unpaired) electrons. The smallest absolute Gasteiger partial charge is 0.307 e. The van der Waals surface area contributed by atoms with E-state index in [0.717, 1.165) is 11.3 Å². The Labute approximate surface area is 138 Å². The van der Waals surface area contributed by atoms with Crippen LogP contribution in [0.5, 0.6) is 0 Å². The summed E-state index contributed by atoms with van der Waals surface area (Å²) in [5, 5.41) is 3.20. The molecule has 1 atom stereocenters. The number of ether oxygens (including phenoxy) is 1. The van der Waals surface area contributed by atoms with Crippen LogP contribution in [0.4, 0.5) is 5.69 Å². The number of carbonyl (C=O) groups is 2. The second-order valence-electron chi connectivity index (χ2n) is 7.06. The lowest BCUT2D eigenvalue weighted by Crippen LogP contribution is -2.48. The predicted octanol–water partition coefficient (Wildman–Crippen LogP) is 2.49. The highest BCUT2D eigenvalue weighted by Crippen LogP contribution is 2.28. The molecule has 1 unspecified atom stereocenters. The van der Waals surface area contributed by atoms with Crippen LogP contribution in [-0.2, 0) is 20.9 Å². The molecule has 1 amide bonds. The van der Waals surface area contributed by atoms with Gasteiger partial charge in [0.05, 0.1) is 19.1 Å². The second kappa shape index (κ2) is 7.13. The van der Waals surface area contributed by atoms with E-state index in [9.17, 15) is 9.59 Å². The summed E-state index contributed by atoms with van der Waals surface area (Å²) in [6.45, 7) is 9.55. The molecule has 0 aliphatic carbocycles. The first-order chi connectivity index (χ1) is 10.8. The molecule has 23 heavy (non-hydrogen) atoms. The highest BCUT2D eigenvalue weighted by Gasteiger charge is 2.33. The van der Waals surface area contributed by atoms with Gasteiger partial charge in [-0.05, 0) is 24.0 Å². The molecule has 5 nitrogen and oxygen atoms in total. The van der Waals surface area contributed by atoms with E-state index in [-0.39, 0.29) is 23.7 Å². The fourth-order valence-corrected chi connectivity index (χ4v) is 2.73. The standard InChI is InChI=1S/C18H26N2O3/c1-5-23-16(21)10-14-17(22)20(12-18(2,3)4)15-9-7-6-8-13(15)11-19-14/h6-9,14,19H,5,10-12H2,1-4H3. The third kappa shape index (κ3) is 4.55. The largest absolute Gasteiger partial charge is 0.466 e. The zero-order valence-corrected chi connectivity index (χ0v) is 14.4. The van der Waals surface area contributed by atoms with Crippen molar-refractivity contribution in [1.82, 2.24) is 5.32 Å². The number of anilines is 1. The summed E-state index contributed by atoms with van der Waals surface area (Å²) in [6, 6.07) is 7.33. The summed E-state index contributed by atoms with van der Waals surface area (Å²) in [5.74, 6) is -0.419. The van der Waals surface area contributed by atoms with Gasteiger partial charge >= 0.3 is 5.97 Å².